The number of likely N-dealkylation sites (N-methyl/N-ethyl adjacent to an activating group) is 1. The van der Waals surface area contributed by atoms with Crippen molar-refractivity contribution >= 4 is 5.91 Å². The molecule has 0 aliphatic heterocycles. The van der Waals surface area contributed by atoms with Crippen LogP contribution in [0.2, 0.25) is 0 Å². The Balaban J connectivity index is 3.57. The maximum atomic E-state index is 11.2. The molecule has 72 valence electrons. The zero-order valence-corrected chi connectivity index (χ0v) is 8.04. The van der Waals surface area contributed by atoms with E-state index >= 15 is 0 Å². The number of methoxy groups -OCH3 is 1. The normalized spacial score (nSPS) is 12.7. The van der Waals surface area contributed by atoms with E-state index < -0.39 is 6.04 Å². The van der Waals surface area contributed by atoms with E-state index in [0.717, 1.165) is 6.42 Å². The molecule has 0 radical (unpaired) electrons. The Morgan fingerprint density at radius 3 is 2.67 bits per heavy atom. The summed E-state index contributed by atoms with van der Waals surface area (Å²) in [7, 11) is 3.40. The Labute approximate surface area is 73.7 Å². The molecule has 0 saturated carbocycles. The number of carbonyl (C=O) groups is 1. The molecule has 12 heavy (non-hydrogen) atoms. The van der Waals surface area contributed by atoms with Crippen molar-refractivity contribution in [3.63, 3.8) is 0 Å². The molecule has 2 N–H and O–H groups in total. The van der Waals surface area contributed by atoms with Crippen LogP contribution in [0.15, 0.2) is 0 Å². The number of hydrogen-bond donors (Lipinski definition) is 1. The molecular weight excluding hydrogens is 156 g/mol. The maximum Gasteiger partial charge on any atom is 0.238 e. The first kappa shape index (κ1) is 11.4. The van der Waals surface area contributed by atoms with Crippen molar-refractivity contribution in [2.75, 3.05) is 27.3 Å². The van der Waals surface area contributed by atoms with Crippen LogP contribution in [0.4, 0.5) is 0 Å². The molecule has 0 saturated heterocycles. The maximum absolute atomic E-state index is 11.2. The minimum Gasteiger partial charge on any atom is -0.385 e. The van der Waals surface area contributed by atoms with E-state index in [1.807, 2.05) is 0 Å². The van der Waals surface area contributed by atoms with Gasteiger partial charge in [0.1, 0.15) is 0 Å². The average molecular weight is 174 g/mol. The van der Waals surface area contributed by atoms with Gasteiger partial charge in [-0.3, -0.25) is 4.79 Å². The summed E-state index contributed by atoms with van der Waals surface area (Å²) in [6, 6.07) is -0.405. The van der Waals surface area contributed by atoms with Gasteiger partial charge >= 0.3 is 0 Å². The third-order valence-corrected chi connectivity index (χ3v) is 1.61. The summed E-state index contributed by atoms with van der Waals surface area (Å²) in [5.41, 5.74) is 5.42. The number of nitrogens with zero attached hydrogens (tertiary/aromatic N) is 1. The number of hydrogen-bond acceptors (Lipinski definition) is 3. The van der Waals surface area contributed by atoms with Gasteiger partial charge in [-0.1, -0.05) is 0 Å². The lowest BCUT2D eigenvalue weighted by Crippen LogP contribution is -2.40. The van der Waals surface area contributed by atoms with E-state index in [0.29, 0.717) is 13.2 Å². The van der Waals surface area contributed by atoms with Gasteiger partial charge in [-0.25, -0.2) is 0 Å². The van der Waals surface area contributed by atoms with Crippen LogP contribution >= 0.6 is 0 Å². The van der Waals surface area contributed by atoms with Crippen molar-refractivity contribution in [3.05, 3.63) is 0 Å². The predicted molar refractivity (Wildman–Crippen MR) is 47.8 cm³/mol. The fraction of sp³-hybridized carbons (Fsp3) is 0.875. The molecule has 0 unspecified atom stereocenters. The second kappa shape index (κ2) is 5.97. The second-order valence-electron chi connectivity index (χ2n) is 2.89. The monoisotopic (exact) mass is 174 g/mol. The largest absolute Gasteiger partial charge is 0.385 e. The molecule has 0 aliphatic carbocycles. The van der Waals surface area contributed by atoms with Gasteiger partial charge in [-0.05, 0) is 13.3 Å². The number of amides is 1. The third kappa shape index (κ3) is 4.31. The Bertz CT molecular complexity index is 137. The lowest BCUT2D eigenvalue weighted by atomic mass is 10.3. The molecule has 0 aliphatic rings. The third-order valence-electron chi connectivity index (χ3n) is 1.61. The molecule has 1 atom stereocenters. The molecule has 0 bridgehead atoms. The first-order valence-corrected chi connectivity index (χ1v) is 4.09. The Morgan fingerprint density at radius 2 is 2.25 bits per heavy atom. The van der Waals surface area contributed by atoms with Crippen LogP contribution in [0.25, 0.3) is 0 Å². The highest BCUT2D eigenvalue weighted by Gasteiger charge is 2.11. The van der Waals surface area contributed by atoms with Gasteiger partial charge in [0.25, 0.3) is 0 Å². The number of ether oxygens (including phenoxy) is 1. The lowest BCUT2D eigenvalue weighted by Gasteiger charge is -2.18. The van der Waals surface area contributed by atoms with Crippen molar-refractivity contribution in [3.8, 4) is 0 Å². The highest BCUT2D eigenvalue weighted by molar-refractivity contribution is 5.80. The summed E-state index contributed by atoms with van der Waals surface area (Å²) in [5, 5.41) is 0. The van der Waals surface area contributed by atoms with E-state index in [2.05, 4.69) is 0 Å². The summed E-state index contributed by atoms with van der Waals surface area (Å²) in [4.78, 5) is 12.8. The zero-order valence-electron chi connectivity index (χ0n) is 8.04. The molecule has 0 aromatic carbocycles. The topological polar surface area (TPSA) is 55.6 Å². The summed E-state index contributed by atoms with van der Waals surface area (Å²) < 4.78 is 4.86. The van der Waals surface area contributed by atoms with Crippen molar-refractivity contribution < 1.29 is 9.53 Å². The Hall–Kier alpha value is -0.610. The number of carbonyl (C=O) groups excluding carboxylic acids is 1. The second-order valence-corrected chi connectivity index (χ2v) is 2.89. The first-order valence-electron chi connectivity index (χ1n) is 4.09. The minimum atomic E-state index is -0.405. The molecule has 1 amide bonds. The van der Waals surface area contributed by atoms with Gasteiger partial charge in [-0.15, -0.1) is 0 Å². The van der Waals surface area contributed by atoms with Gasteiger partial charge in [-0.2, -0.15) is 0 Å². The molecule has 0 fully saturated rings. The SMILES string of the molecule is COCCCN(C)C(=O)[C@H](C)N. The van der Waals surface area contributed by atoms with E-state index in [1.54, 1.807) is 26.0 Å². The zero-order chi connectivity index (χ0) is 9.56. The van der Waals surface area contributed by atoms with Crippen molar-refractivity contribution in [1.82, 2.24) is 4.90 Å². The predicted octanol–water partition coefficient (Wildman–Crippen LogP) is -0.171. The number of rotatable bonds is 5. The highest BCUT2D eigenvalue weighted by Crippen LogP contribution is 1.91. The van der Waals surface area contributed by atoms with Crippen LogP contribution < -0.4 is 5.73 Å². The van der Waals surface area contributed by atoms with E-state index in [4.69, 9.17) is 10.5 Å². The standard InChI is InChI=1S/C8H18N2O2/c1-7(9)8(11)10(2)5-4-6-12-3/h7H,4-6,9H2,1-3H3/t7-/m0/s1. The van der Waals surface area contributed by atoms with Crippen LogP contribution in [-0.4, -0.2) is 44.2 Å². The molecule has 0 aromatic rings. The number of nitrogens with two attached hydrogens (primary N) is 1. The van der Waals surface area contributed by atoms with Gasteiger partial charge < -0.3 is 15.4 Å². The van der Waals surface area contributed by atoms with Crippen LogP contribution in [-0.2, 0) is 9.53 Å². The van der Waals surface area contributed by atoms with Crippen LogP contribution in [0, 0.1) is 0 Å². The molecule has 0 rings (SSSR count). The fourth-order valence-electron chi connectivity index (χ4n) is 0.904. The Morgan fingerprint density at radius 1 is 1.67 bits per heavy atom. The van der Waals surface area contributed by atoms with E-state index in [9.17, 15) is 4.79 Å². The van der Waals surface area contributed by atoms with Crippen LogP contribution in [0.1, 0.15) is 13.3 Å². The molecule has 4 heteroatoms. The summed E-state index contributed by atoms with van der Waals surface area (Å²) in [5.74, 6) is -0.0221. The molecule has 0 aromatic heterocycles. The van der Waals surface area contributed by atoms with Crippen molar-refractivity contribution in [2.24, 2.45) is 5.73 Å². The Kier molecular flexibility index (Phi) is 5.66. The smallest absolute Gasteiger partial charge is 0.238 e. The summed E-state index contributed by atoms with van der Waals surface area (Å²) in [6.45, 7) is 3.07. The van der Waals surface area contributed by atoms with Crippen molar-refractivity contribution in [2.45, 2.75) is 19.4 Å². The molecular formula is C8H18N2O2. The highest BCUT2D eigenvalue weighted by atomic mass is 16.5. The lowest BCUT2D eigenvalue weighted by molar-refractivity contribution is -0.131. The van der Waals surface area contributed by atoms with Crippen LogP contribution in [0.5, 0.6) is 0 Å². The minimum absolute atomic E-state index is 0.0221. The molecule has 0 heterocycles. The fourth-order valence-corrected chi connectivity index (χ4v) is 0.904. The average Bonchev–Trinajstić information content (AvgIpc) is 2.03. The van der Waals surface area contributed by atoms with E-state index in [1.165, 1.54) is 0 Å². The van der Waals surface area contributed by atoms with Gasteiger partial charge in [0.15, 0.2) is 0 Å². The summed E-state index contributed by atoms with van der Waals surface area (Å²) >= 11 is 0. The quantitative estimate of drug-likeness (QED) is 0.589. The van der Waals surface area contributed by atoms with Gasteiger partial charge in [0.05, 0.1) is 6.04 Å². The van der Waals surface area contributed by atoms with Crippen molar-refractivity contribution in [1.29, 1.82) is 0 Å². The van der Waals surface area contributed by atoms with E-state index in [-0.39, 0.29) is 5.91 Å². The first-order chi connectivity index (χ1) is 5.59. The molecule has 0 spiro atoms. The molecule has 4 nitrogen and oxygen atoms in total. The van der Waals surface area contributed by atoms with Gasteiger partial charge in [0, 0.05) is 27.3 Å². The van der Waals surface area contributed by atoms with Gasteiger partial charge in [0.2, 0.25) is 5.91 Å². The van der Waals surface area contributed by atoms with Crippen LogP contribution in [0.3, 0.4) is 0 Å². The summed E-state index contributed by atoms with van der Waals surface area (Å²) in [6.07, 6.45) is 0.853.